The van der Waals surface area contributed by atoms with Crippen LogP contribution in [0.25, 0.3) is 5.69 Å². The predicted molar refractivity (Wildman–Crippen MR) is 82.7 cm³/mol. The average molecular weight is 319 g/mol. The smallest absolute Gasteiger partial charge is 0.272 e. The lowest BCUT2D eigenvalue weighted by Gasteiger charge is -2.17. The van der Waals surface area contributed by atoms with Crippen LogP contribution in [-0.4, -0.2) is 53.4 Å². The van der Waals surface area contributed by atoms with Crippen molar-refractivity contribution in [1.82, 2.24) is 14.5 Å². The van der Waals surface area contributed by atoms with Gasteiger partial charge in [0.25, 0.3) is 5.91 Å². The molecule has 6 nitrogen and oxygen atoms in total. The maximum Gasteiger partial charge on any atom is 0.272 e. The largest absolute Gasteiger partial charge is 0.336 e. The van der Waals surface area contributed by atoms with Gasteiger partial charge in [0.05, 0.1) is 17.8 Å². The number of benzene rings is 1. The van der Waals surface area contributed by atoms with Gasteiger partial charge in [0.15, 0.2) is 9.84 Å². The monoisotopic (exact) mass is 319 g/mol. The van der Waals surface area contributed by atoms with Gasteiger partial charge < -0.3 is 4.90 Å². The van der Waals surface area contributed by atoms with Gasteiger partial charge in [-0.1, -0.05) is 18.2 Å². The first-order valence-corrected chi connectivity index (χ1v) is 8.98. The fourth-order valence-corrected chi connectivity index (χ4v) is 3.66. The van der Waals surface area contributed by atoms with E-state index in [0.29, 0.717) is 18.7 Å². The van der Waals surface area contributed by atoms with E-state index in [1.54, 1.807) is 15.8 Å². The highest BCUT2D eigenvalue weighted by Gasteiger charge is 2.33. The van der Waals surface area contributed by atoms with Crippen LogP contribution in [0.2, 0.25) is 0 Å². The molecule has 1 atom stereocenters. The minimum atomic E-state index is -3.12. The fourth-order valence-electron chi connectivity index (χ4n) is 2.67. The zero-order chi connectivity index (χ0) is 15.7. The number of aromatic nitrogens is 2. The van der Waals surface area contributed by atoms with Crippen molar-refractivity contribution < 1.29 is 13.2 Å². The van der Waals surface area contributed by atoms with Gasteiger partial charge in [0, 0.05) is 25.0 Å². The summed E-state index contributed by atoms with van der Waals surface area (Å²) >= 11 is 0. The molecular formula is C15H17N3O3S. The molecule has 1 fully saturated rings. The number of para-hydroxylation sites is 1. The van der Waals surface area contributed by atoms with Crippen molar-refractivity contribution in [3.8, 4) is 5.69 Å². The van der Waals surface area contributed by atoms with Crippen LogP contribution in [0.4, 0.5) is 0 Å². The van der Waals surface area contributed by atoms with Crippen molar-refractivity contribution in [2.24, 2.45) is 0 Å². The van der Waals surface area contributed by atoms with E-state index in [4.69, 9.17) is 0 Å². The number of amides is 1. The highest BCUT2D eigenvalue weighted by molar-refractivity contribution is 7.91. The van der Waals surface area contributed by atoms with Gasteiger partial charge in [-0.3, -0.25) is 9.36 Å². The summed E-state index contributed by atoms with van der Waals surface area (Å²) in [6.45, 7) is 0.703. The SMILES string of the molecule is CS(=O)(=O)C1CCN(C(=O)c2cncn2-c2ccccc2)C1. The van der Waals surface area contributed by atoms with Crippen LogP contribution in [0.15, 0.2) is 42.9 Å². The molecule has 22 heavy (non-hydrogen) atoms. The third-order valence-electron chi connectivity index (χ3n) is 3.93. The molecule has 3 rings (SSSR count). The van der Waals surface area contributed by atoms with Crippen LogP contribution in [0.3, 0.4) is 0 Å². The molecule has 0 N–H and O–H groups in total. The third-order valence-corrected chi connectivity index (χ3v) is 5.53. The molecule has 1 aromatic carbocycles. The summed E-state index contributed by atoms with van der Waals surface area (Å²) in [6.07, 6.45) is 4.82. The maximum absolute atomic E-state index is 12.6. The van der Waals surface area contributed by atoms with E-state index >= 15 is 0 Å². The summed E-state index contributed by atoms with van der Waals surface area (Å²) in [5.41, 5.74) is 1.29. The Balaban J connectivity index is 1.85. The average Bonchev–Trinajstić information content (AvgIpc) is 3.16. The molecule has 0 aliphatic carbocycles. The summed E-state index contributed by atoms with van der Waals surface area (Å²) in [7, 11) is -3.12. The lowest BCUT2D eigenvalue weighted by atomic mass is 10.3. The van der Waals surface area contributed by atoms with Crippen molar-refractivity contribution in [3.63, 3.8) is 0 Å². The highest BCUT2D eigenvalue weighted by Crippen LogP contribution is 2.20. The second-order valence-corrected chi connectivity index (χ2v) is 7.80. The number of likely N-dealkylation sites (tertiary alicyclic amines) is 1. The molecule has 0 radical (unpaired) electrons. The van der Waals surface area contributed by atoms with Gasteiger partial charge in [0.2, 0.25) is 0 Å². The Morgan fingerprint density at radius 3 is 2.64 bits per heavy atom. The molecule has 1 unspecified atom stereocenters. The second-order valence-electron chi connectivity index (χ2n) is 5.48. The van der Waals surface area contributed by atoms with Gasteiger partial charge >= 0.3 is 0 Å². The topological polar surface area (TPSA) is 72.3 Å². The van der Waals surface area contributed by atoms with Crippen LogP contribution < -0.4 is 0 Å². The minimum absolute atomic E-state index is 0.187. The summed E-state index contributed by atoms with van der Waals surface area (Å²) in [5.74, 6) is -0.187. The second kappa shape index (κ2) is 5.57. The summed E-state index contributed by atoms with van der Waals surface area (Å²) in [5, 5.41) is -0.468. The van der Waals surface area contributed by atoms with E-state index in [2.05, 4.69) is 4.98 Å². The summed E-state index contributed by atoms with van der Waals surface area (Å²) in [4.78, 5) is 18.3. The minimum Gasteiger partial charge on any atom is -0.336 e. The number of carbonyl (C=O) groups is 1. The first kappa shape index (κ1) is 14.8. The molecule has 116 valence electrons. The molecule has 0 spiro atoms. The third kappa shape index (κ3) is 2.76. The van der Waals surface area contributed by atoms with Crippen molar-refractivity contribution in [1.29, 1.82) is 0 Å². The molecule has 0 saturated carbocycles. The Bertz CT molecular complexity index is 783. The lowest BCUT2D eigenvalue weighted by Crippen LogP contribution is -2.32. The quantitative estimate of drug-likeness (QED) is 0.850. The van der Waals surface area contributed by atoms with E-state index < -0.39 is 15.1 Å². The highest BCUT2D eigenvalue weighted by atomic mass is 32.2. The summed E-state index contributed by atoms with van der Waals surface area (Å²) < 4.78 is 25.0. The molecule has 1 amide bonds. The summed E-state index contributed by atoms with van der Waals surface area (Å²) in [6, 6.07) is 9.46. The fraction of sp³-hybridized carbons (Fsp3) is 0.333. The van der Waals surface area contributed by atoms with Crippen molar-refractivity contribution in [3.05, 3.63) is 48.5 Å². The number of imidazole rings is 1. The van der Waals surface area contributed by atoms with Crippen molar-refractivity contribution in [2.75, 3.05) is 19.3 Å². The number of nitrogens with zero attached hydrogens (tertiary/aromatic N) is 3. The zero-order valence-corrected chi connectivity index (χ0v) is 13.0. The Kier molecular flexibility index (Phi) is 3.74. The molecule has 7 heteroatoms. The van der Waals surface area contributed by atoms with Gasteiger partial charge in [0.1, 0.15) is 5.69 Å². The van der Waals surface area contributed by atoms with E-state index in [9.17, 15) is 13.2 Å². The Morgan fingerprint density at radius 1 is 1.27 bits per heavy atom. The zero-order valence-electron chi connectivity index (χ0n) is 12.2. The van der Waals surface area contributed by atoms with Crippen molar-refractivity contribution in [2.45, 2.75) is 11.7 Å². The van der Waals surface area contributed by atoms with Gasteiger partial charge in [-0.25, -0.2) is 13.4 Å². The Labute approximate surface area is 129 Å². The Hall–Kier alpha value is -2.15. The predicted octanol–water partition coefficient (Wildman–Crippen LogP) is 1.13. The molecule has 1 saturated heterocycles. The molecule has 2 heterocycles. The maximum atomic E-state index is 12.6. The van der Waals surface area contributed by atoms with Crippen LogP contribution in [0.1, 0.15) is 16.9 Å². The van der Waals surface area contributed by atoms with Gasteiger partial charge in [-0.05, 0) is 18.6 Å². The molecule has 1 aromatic heterocycles. The Morgan fingerprint density at radius 2 is 2.00 bits per heavy atom. The van der Waals surface area contributed by atoms with Crippen LogP contribution in [-0.2, 0) is 9.84 Å². The first-order chi connectivity index (χ1) is 10.5. The molecular weight excluding hydrogens is 302 g/mol. The molecule has 2 aromatic rings. The van der Waals surface area contributed by atoms with E-state index in [0.717, 1.165) is 5.69 Å². The molecule has 1 aliphatic heterocycles. The lowest BCUT2D eigenvalue weighted by molar-refractivity contribution is 0.0785. The van der Waals surface area contributed by atoms with Crippen molar-refractivity contribution >= 4 is 15.7 Å². The van der Waals surface area contributed by atoms with Crippen LogP contribution >= 0.6 is 0 Å². The molecule has 0 bridgehead atoms. The van der Waals surface area contributed by atoms with Crippen LogP contribution in [0, 0.1) is 0 Å². The van der Waals surface area contributed by atoms with E-state index in [-0.39, 0.29) is 12.5 Å². The number of hydrogen-bond donors (Lipinski definition) is 0. The van der Waals surface area contributed by atoms with E-state index in [1.165, 1.54) is 12.5 Å². The normalized spacial score (nSPS) is 18.6. The number of rotatable bonds is 3. The number of hydrogen-bond acceptors (Lipinski definition) is 4. The first-order valence-electron chi connectivity index (χ1n) is 7.03. The number of carbonyl (C=O) groups excluding carboxylic acids is 1. The van der Waals surface area contributed by atoms with Gasteiger partial charge in [-0.15, -0.1) is 0 Å². The van der Waals surface area contributed by atoms with E-state index in [1.807, 2.05) is 30.3 Å². The molecule has 1 aliphatic rings. The van der Waals surface area contributed by atoms with Crippen LogP contribution in [0.5, 0.6) is 0 Å². The van der Waals surface area contributed by atoms with Gasteiger partial charge in [-0.2, -0.15) is 0 Å². The number of sulfone groups is 1. The standard InChI is InChI=1S/C15H17N3O3S/c1-22(20,21)13-7-8-17(10-13)15(19)14-9-16-11-18(14)12-5-3-2-4-6-12/h2-6,9,11,13H,7-8,10H2,1H3.